The van der Waals surface area contributed by atoms with Gasteiger partial charge in [-0.25, -0.2) is 0 Å². The Kier molecular flexibility index (Phi) is 4.42. The van der Waals surface area contributed by atoms with Crippen LogP contribution >= 0.6 is 23.2 Å². The van der Waals surface area contributed by atoms with Gasteiger partial charge in [-0.1, -0.05) is 66.4 Å². The molecule has 0 aromatic heterocycles. The van der Waals surface area contributed by atoms with Crippen molar-refractivity contribution in [1.29, 1.82) is 0 Å². The van der Waals surface area contributed by atoms with Crippen LogP contribution in [0.3, 0.4) is 0 Å². The number of hydrogen-bond acceptors (Lipinski definition) is 1. The van der Waals surface area contributed by atoms with E-state index in [9.17, 15) is 4.79 Å². The molecule has 0 bridgehead atoms. The molecule has 0 unspecified atom stereocenters. The summed E-state index contributed by atoms with van der Waals surface area (Å²) >= 11 is 12.2. The Hall–Kier alpha value is -1.51. The van der Waals surface area contributed by atoms with Crippen LogP contribution < -0.4 is 4.90 Å². The van der Waals surface area contributed by atoms with E-state index in [1.807, 2.05) is 18.2 Å². The van der Waals surface area contributed by atoms with E-state index in [-0.39, 0.29) is 5.54 Å². The van der Waals surface area contributed by atoms with E-state index < -0.39 is 0 Å². The van der Waals surface area contributed by atoms with Gasteiger partial charge < -0.3 is 4.90 Å². The lowest BCUT2D eigenvalue weighted by atomic mass is 9.86. The van der Waals surface area contributed by atoms with Crippen molar-refractivity contribution in [2.75, 3.05) is 4.90 Å². The highest BCUT2D eigenvalue weighted by Gasteiger charge is 2.41. The van der Waals surface area contributed by atoms with Crippen LogP contribution in [-0.2, 0) is 10.3 Å². The van der Waals surface area contributed by atoms with Crippen LogP contribution in [0.4, 0.5) is 5.69 Å². The molecule has 0 radical (unpaired) electrons. The smallest absolute Gasteiger partial charge is 0.214 e. The highest BCUT2D eigenvalue weighted by atomic mass is 35.5. The van der Waals surface area contributed by atoms with Gasteiger partial charge in [0.15, 0.2) is 0 Å². The predicted octanol–water partition coefficient (Wildman–Crippen LogP) is 5.43. The van der Waals surface area contributed by atoms with Gasteiger partial charge in [-0.05, 0) is 36.6 Å². The summed E-state index contributed by atoms with van der Waals surface area (Å²) in [6.07, 6.45) is 5.00. The molecule has 1 aliphatic rings. The molecule has 0 atom stereocenters. The van der Waals surface area contributed by atoms with Gasteiger partial charge in [-0.2, -0.15) is 0 Å². The van der Waals surface area contributed by atoms with E-state index in [0.717, 1.165) is 43.3 Å². The van der Waals surface area contributed by atoms with Crippen LogP contribution in [0.2, 0.25) is 10.0 Å². The third-order valence-corrected chi connectivity index (χ3v) is 4.87. The van der Waals surface area contributed by atoms with Crippen LogP contribution in [0.1, 0.15) is 31.2 Å². The second-order valence-corrected chi connectivity index (χ2v) is 6.58. The quantitative estimate of drug-likeness (QED) is 0.683. The van der Waals surface area contributed by atoms with E-state index in [4.69, 9.17) is 23.2 Å². The summed E-state index contributed by atoms with van der Waals surface area (Å²) in [5.41, 5.74) is 1.60. The molecule has 0 saturated heterocycles. The molecule has 1 saturated carbocycles. The fourth-order valence-corrected chi connectivity index (χ4v) is 3.98. The van der Waals surface area contributed by atoms with Crippen molar-refractivity contribution in [3.05, 3.63) is 64.1 Å². The normalized spacial score (nSPS) is 16.5. The zero-order valence-electron chi connectivity index (χ0n) is 12.1. The Labute approximate surface area is 140 Å². The molecule has 0 aliphatic heterocycles. The number of anilines is 1. The minimum Gasteiger partial charge on any atom is -0.305 e. The average Bonchev–Trinajstić information content (AvgIpc) is 2.99. The monoisotopic (exact) mass is 333 g/mol. The first kappa shape index (κ1) is 15.4. The summed E-state index contributed by atoms with van der Waals surface area (Å²) in [4.78, 5) is 13.7. The maximum absolute atomic E-state index is 11.9. The number of nitrogens with zero attached hydrogens (tertiary/aromatic N) is 1. The number of halogens is 2. The maximum Gasteiger partial charge on any atom is 0.214 e. The molecule has 0 spiro atoms. The standard InChI is InChI=1S/C18H17Cl2NO/c19-15-10-16(20)12-17(11-15)21(13-22)18(8-4-5-9-18)14-6-2-1-3-7-14/h1-3,6-7,10-13H,4-5,8-9H2. The predicted molar refractivity (Wildman–Crippen MR) is 91.6 cm³/mol. The van der Waals surface area contributed by atoms with Gasteiger partial charge in [0.05, 0.1) is 5.54 Å². The number of carbonyl (C=O) groups is 1. The number of hydrogen-bond donors (Lipinski definition) is 0. The Morgan fingerprint density at radius 2 is 1.55 bits per heavy atom. The molecule has 22 heavy (non-hydrogen) atoms. The topological polar surface area (TPSA) is 20.3 Å². The second-order valence-electron chi connectivity index (χ2n) is 5.71. The van der Waals surface area contributed by atoms with Gasteiger partial charge in [0, 0.05) is 15.7 Å². The van der Waals surface area contributed by atoms with Crippen LogP contribution in [0.25, 0.3) is 0 Å². The third kappa shape index (κ3) is 2.73. The summed E-state index contributed by atoms with van der Waals surface area (Å²) in [5, 5.41) is 1.08. The van der Waals surface area contributed by atoms with Gasteiger partial charge >= 0.3 is 0 Å². The van der Waals surface area contributed by atoms with Crippen molar-refractivity contribution >= 4 is 35.3 Å². The van der Waals surface area contributed by atoms with Crippen LogP contribution in [0, 0.1) is 0 Å². The number of benzene rings is 2. The van der Waals surface area contributed by atoms with E-state index >= 15 is 0 Å². The van der Waals surface area contributed by atoms with Gasteiger partial charge in [0.1, 0.15) is 0 Å². The minimum atomic E-state index is -0.309. The van der Waals surface area contributed by atoms with Crippen molar-refractivity contribution in [2.24, 2.45) is 0 Å². The molecular formula is C18H17Cl2NO. The van der Waals surface area contributed by atoms with Crippen molar-refractivity contribution in [2.45, 2.75) is 31.2 Å². The van der Waals surface area contributed by atoms with E-state index in [2.05, 4.69) is 12.1 Å². The van der Waals surface area contributed by atoms with Crippen LogP contribution in [0.5, 0.6) is 0 Å². The van der Waals surface area contributed by atoms with Gasteiger partial charge in [0.2, 0.25) is 6.41 Å². The van der Waals surface area contributed by atoms with Gasteiger partial charge in [-0.15, -0.1) is 0 Å². The van der Waals surface area contributed by atoms with Crippen LogP contribution in [0.15, 0.2) is 48.5 Å². The Balaban J connectivity index is 2.11. The van der Waals surface area contributed by atoms with Crippen molar-refractivity contribution in [3.63, 3.8) is 0 Å². The average molecular weight is 334 g/mol. The molecule has 0 N–H and O–H groups in total. The summed E-state index contributed by atoms with van der Waals surface area (Å²) in [6, 6.07) is 15.5. The fraction of sp³-hybridized carbons (Fsp3) is 0.278. The molecule has 114 valence electrons. The van der Waals surface area contributed by atoms with Crippen molar-refractivity contribution in [1.82, 2.24) is 0 Å². The zero-order valence-corrected chi connectivity index (χ0v) is 13.6. The SMILES string of the molecule is O=CN(c1cc(Cl)cc(Cl)c1)C1(c2ccccc2)CCCC1. The van der Waals surface area contributed by atoms with Crippen molar-refractivity contribution in [3.8, 4) is 0 Å². The highest BCUT2D eigenvalue weighted by Crippen LogP contribution is 2.45. The Morgan fingerprint density at radius 1 is 0.955 bits per heavy atom. The van der Waals surface area contributed by atoms with Gasteiger partial charge in [0.25, 0.3) is 0 Å². The molecule has 3 rings (SSSR count). The Bertz CT molecular complexity index is 646. The largest absolute Gasteiger partial charge is 0.305 e. The van der Waals surface area contributed by atoms with Crippen LogP contribution in [-0.4, -0.2) is 6.41 Å². The summed E-state index contributed by atoms with van der Waals surface area (Å²) < 4.78 is 0. The molecule has 4 heteroatoms. The van der Waals surface area contributed by atoms with E-state index in [0.29, 0.717) is 10.0 Å². The lowest BCUT2D eigenvalue weighted by Gasteiger charge is -2.39. The van der Waals surface area contributed by atoms with E-state index in [1.165, 1.54) is 0 Å². The summed E-state index contributed by atoms with van der Waals surface area (Å²) in [7, 11) is 0. The first-order valence-corrected chi connectivity index (χ1v) is 8.17. The second kappa shape index (κ2) is 6.31. The molecular weight excluding hydrogens is 317 g/mol. The molecule has 0 heterocycles. The summed E-state index contributed by atoms with van der Waals surface area (Å²) in [5.74, 6) is 0. The lowest BCUT2D eigenvalue weighted by molar-refractivity contribution is -0.108. The lowest BCUT2D eigenvalue weighted by Crippen LogP contribution is -2.43. The molecule has 2 aromatic rings. The number of amides is 1. The first-order valence-electron chi connectivity index (χ1n) is 7.42. The van der Waals surface area contributed by atoms with Crippen molar-refractivity contribution < 1.29 is 4.79 Å². The number of carbonyl (C=O) groups excluding carboxylic acids is 1. The summed E-state index contributed by atoms with van der Waals surface area (Å²) in [6.45, 7) is 0. The highest BCUT2D eigenvalue weighted by molar-refractivity contribution is 6.35. The van der Waals surface area contributed by atoms with E-state index in [1.54, 1.807) is 23.1 Å². The maximum atomic E-state index is 11.9. The molecule has 2 nitrogen and oxygen atoms in total. The first-order chi connectivity index (χ1) is 10.7. The molecule has 1 fully saturated rings. The van der Waals surface area contributed by atoms with Gasteiger partial charge in [-0.3, -0.25) is 4.79 Å². The minimum absolute atomic E-state index is 0.309. The molecule has 1 aliphatic carbocycles. The third-order valence-electron chi connectivity index (χ3n) is 4.43. The Morgan fingerprint density at radius 3 is 2.09 bits per heavy atom. The molecule has 2 aromatic carbocycles. The zero-order chi connectivity index (χ0) is 15.6. The number of rotatable bonds is 4. The fourth-order valence-electron chi connectivity index (χ4n) is 3.46. The molecule has 1 amide bonds.